The molecule has 2 aliphatic heterocycles. The highest BCUT2D eigenvalue weighted by molar-refractivity contribution is 7.99. The molecule has 2 fully saturated rings. The van der Waals surface area contributed by atoms with Crippen LogP contribution in [0.4, 0.5) is 10.5 Å². The molecule has 2 aliphatic rings. The molecule has 1 atom stereocenters. The van der Waals surface area contributed by atoms with E-state index in [4.69, 9.17) is 4.74 Å². The number of anilines is 1. The fourth-order valence-corrected chi connectivity index (χ4v) is 5.28. The quantitative estimate of drug-likeness (QED) is 0.721. The Hall–Kier alpha value is -2.09. The van der Waals surface area contributed by atoms with E-state index in [1.165, 1.54) is 11.1 Å². The lowest BCUT2D eigenvalue weighted by Gasteiger charge is -2.38. The van der Waals surface area contributed by atoms with Gasteiger partial charge in [-0.15, -0.1) is 0 Å². The lowest BCUT2D eigenvalue weighted by Crippen LogP contribution is -2.50. The number of thioether (sulfide) groups is 1. The zero-order valence-electron chi connectivity index (χ0n) is 18.2. The predicted octanol–water partition coefficient (Wildman–Crippen LogP) is 4.40. The van der Waals surface area contributed by atoms with Gasteiger partial charge in [0.1, 0.15) is 0 Å². The zero-order chi connectivity index (χ0) is 21.5. The second-order valence-corrected chi connectivity index (χ2v) is 9.53. The van der Waals surface area contributed by atoms with Crippen LogP contribution < -0.4 is 5.32 Å². The van der Waals surface area contributed by atoms with Gasteiger partial charge in [0.25, 0.3) is 0 Å². The van der Waals surface area contributed by atoms with Crippen LogP contribution in [0.1, 0.15) is 36.9 Å². The van der Waals surface area contributed by atoms with Crippen LogP contribution in [0.15, 0.2) is 48.8 Å². The Morgan fingerprint density at radius 2 is 2.00 bits per heavy atom. The molecule has 1 aromatic carbocycles. The van der Waals surface area contributed by atoms with Crippen LogP contribution in [0.3, 0.4) is 0 Å². The topological polar surface area (TPSA) is 57.7 Å². The summed E-state index contributed by atoms with van der Waals surface area (Å²) in [5, 5.41) is 3.77. The molecule has 7 heteroatoms. The third-order valence-electron chi connectivity index (χ3n) is 6.15. The first kappa shape index (κ1) is 22.1. The number of rotatable bonds is 6. The summed E-state index contributed by atoms with van der Waals surface area (Å²) in [5.41, 5.74) is 3.35. The Morgan fingerprint density at radius 3 is 2.74 bits per heavy atom. The first-order valence-corrected chi connectivity index (χ1v) is 12.2. The Kier molecular flexibility index (Phi) is 7.83. The number of piperazine rings is 1. The number of ether oxygens (including phenoxy) is 1. The zero-order valence-corrected chi connectivity index (χ0v) is 19.0. The van der Waals surface area contributed by atoms with Crippen LogP contribution in [0.2, 0.25) is 0 Å². The molecular formula is C24H32N4O2S. The van der Waals surface area contributed by atoms with Gasteiger partial charge in [-0.05, 0) is 49.1 Å². The molecule has 31 heavy (non-hydrogen) atoms. The van der Waals surface area contributed by atoms with Gasteiger partial charge in [-0.2, -0.15) is 11.8 Å². The van der Waals surface area contributed by atoms with Crippen molar-refractivity contribution in [3.05, 3.63) is 59.9 Å². The van der Waals surface area contributed by atoms with Crippen molar-refractivity contribution in [3.63, 3.8) is 0 Å². The Balaban J connectivity index is 1.25. The number of carbonyl (C=O) groups is 1. The molecule has 0 aliphatic carbocycles. The van der Waals surface area contributed by atoms with Crippen LogP contribution in [0.5, 0.6) is 0 Å². The van der Waals surface area contributed by atoms with E-state index in [9.17, 15) is 4.79 Å². The molecule has 0 bridgehead atoms. The van der Waals surface area contributed by atoms with Gasteiger partial charge in [0, 0.05) is 74.5 Å². The molecule has 166 valence electrons. The fourth-order valence-electron chi connectivity index (χ4n) is 4.14. The normalized spacial score (nSPS) is 19.2. The van der Waals surface area contributed by atoms with E-state index in [0.717, 1.165) is 63.7 Å². The van der Waals surface area contributed by atoms with Crippen molar-refractivity contribution in [2.75, 3.05) is 44.7 Å². The minimum atomic E-state index is -0.0112. The average Bonchev–Trinajstić information content (AvgIpc) is 2.84. The maximum Gasteiger partial charge on any atom is 0.321 e. The fraction of sp³-hybridized carbons (Fsp3) is 0.500. The van der Waals surface area contributed by atoms with E-state index in [-0.39, 0.29) is 6.03 Å². The molecule has 2 amide bonds. The van der Waals surface area contributed by atoms with Gasteiger partial charge in [0.05, 0.1) is 0 Å². The van der Waals surface area contributed by atoms with E-state index >= 15 is 0 Å². The van der Waals surface area contributed by atoms with Crippen molar-refractivity contribution < 1.29 is 9.53 Å². The number of nitrogens with zero attached hydrogens (tertiary/aromatic N) is 3. The lowest BCUT2D eigenvalue weighted by atomic mass is 10.1. The smallest absolute Gasteiger partial charge is 0.321 e. The molecular weight excluding hydrogens is 408 g/mol. The predicted molar refractivity (Wildman–Crippen MR) is 126 cm³/mol. The molecule has 0 saturated carbocycles. The van der Waals surface area contributed by atoms with Crippen molar-refractivity contribution in [1.82, 2.24) is 14.8 Å². The van der Waals surface area contributed by atoms with Crippen molar-refractivity contribution in [2.24, 2.45) is 0 Å². The van der Waals surface area contributed by atoms with Gasteiger partial charge in [0.2, 0.25) is 0 Å². The summed E-state index contributed by atoms with van der Waals surface area (Å²) in [5.74, 6) is 0.972. The highest BCUT2D eigenvalue weighted by Gasteiger charge is 2.25. The summed E-state index contributed by atoms with van der Waals surface area (Å²) in [7, 11) is 0. The van der Waals surface area contributed by atoms with Gasteiger partial charge in [0.15, 0.2) is 0 Å². The monoisotopic (exact) mass is 440 g/mol. The van der Waals surface area contributed by atoms with Crippen LogP contribution >= 0.6 is 11.8 Å². The van der Waals surface area contributed by atoms with Gasteiger partial charge in [-0.25, -0.2) is 4.79 Å². The molecule has 1 N–H and O–H groups in total. The molecule has 6 nitrogen and oxygen atoms in total. The standard InChI is InChI=1S/C24H32N4O2S/c1-19(21-5-3-9-25-17-21)27-10-12-28(13-11-27)24(29)26-22-6-2-4-20(16-22)18-31-23-7-14-30-15-8-23/h2-6,9,16-17,19,23H,7-8,10-15,18H2,1H3,(H,26,29). The summed E-state index contributed by atoms with van der Waals surface area (Å²) in [6.07, 6.45) is 5.99. The first-order chi connectivity index (χ1) is 15.2. The number of carbonyl (C=O) groups excluding carboxylic acids is 1. The molecule has 2 aromatic rings. The lowest BCUT2D eigenvalue weighted by molar-refractivity contribution is 0.1000. The molecule has 2 saturated heterocycles. The summed E-state index contributed by atoms with van der Waals surface area (Å²) >= 11 is 1.99. The Bertz CT molecular complexity index is 836. The SMILES string of the molecule is CC(c1cccnc1)N1CCN(C(=O)Nc2cccc(CSC3CCOCC3)c2)CC1. The van der Waals surface area contributed by atoms with Crippen molar-refractivity contribution >= 4 is 23.5 Å². The highest BCUT2D eigenvalue weighted by Crippen LogP contribution is 2.27. The van der Waals surface area contributed by atoms with Crippen molar-refractivity contribution in [3.8, 4) is 0 Å². The van der Waals surface area contributed by atoms with E-state index in [0.29, 0.717) is 11.3 Å². The number of aromatic nitrogens is 1. The summed E-state index contributed by atoms with van der Waals surface area (Å²) < 4.78 is 5.44. The van der Waals surface area contributed by atoms with E-state index in [2.05, 4.69) is 40.3 Å². The number of amides is 2. The third kappa shape index (κ3) is 6.21. The summed E-state index contributed by atoms with van der Waals surface area (Å²) in [6, 6.07) is 12.6. The number of hydrogen-bond donors (Lipinski definition) is 1. The maximum atomic E-state index is 12.8. The number of hydrogen-bond acceptors (Lipinski definition) is 5. The van der Waals surface area contributed by atoms with Gasteiger partial charge < -0.3 is 15.0 Å². The van der Waals surface area contributed by atoms with Crippen LogP contribution in [-0.2, 0) is 10.5 Å². The highest BCUT2D eigenvalue weighted by atomic mass is 32.2. The second-order valence-electron chi connectivity index (χ2n) is 8.24. The number of benzene rings is 1. The molecule has 0 spiro atoms. The first-order valence-electron chi connectivity index (χ1n) is 11.2. The molecule has 1 aromatic heterocycles. The molecule has 3 heterocycles. The minimum Gasteiger partial charge on any atom is -0.381 e. The number of urea groups is 1. The molecule has 0 radical (unpaired) electrons. The van der Waals surface area contributed by atoms with E-state index < -0.39 is 0 Å². The Morgan fingerprint density at radius 1 is 1.19 bits per heavy atom. The van der Waals surface area contributed by atoms with Crippen LogP contribution in [0.25, 0.3) is 0 Å². The Labute approximate surface area is 189 Å². The van der Waals surface area contributed by atoms with Crippen molar-refractivity contribution in [1.29, 1.82) is 0 Å². The van der Waals surface area contributed by atoms with E-state index in [1.807, 2.05) is 41.1 Å². The minimum absolute atomic E-state index is 0.0112. The average molecular weight is 441 g/mol. The molecule has 1 unspecified atom stereocenters. The van der Waals surface area contributed by atoms with Crippen LogP contribution in [-0.4, -0.2) is 65.5 Å². The third-order valence-corrected chi connectivity index (χ3v) is 7.59. The van der Waals surface area contributed by atoms with Crippen LogP contribution in [0, 0.1) is 0 Å². The largest absolute Gasteiger partial charge is 0.381 e. The summed E-state index contributed by atoms with van der Waals surface area (Å²) in [6.45, 7) is 7.16. The second kappa shape index (κ2) is 11.0. The van der Waals surface area contributed by atoms with Gasteiger partial charge in [-0.1, -0.05) is 18.2 Å². The van der Waals surface area contributed by atoms with Gasteiger partial charge in [-0.3, -0.25) is 9.88 Å². The maximum absolute atomic E-state index is 12.8. The van der Waals surface area contributed by atoms with Crippen molar-refractivity contribution in [2.45, 2.75) is 36.8 Å². The van der Waals surface area contributed by atoms with Gasteiger partial charge >= 0.3 is 6.03 Å². The summed E-state index contributed by atoms with van der Waals surface area (Å²) in [4.78, 5) is 21.4. The number of nitrogens with one attached hydrogen (secondary N) is 1. The number of pyridine rings is 1. The molecule has 4 rings (SSSR count). The van der Waals surface area contributed by atoms with E-state index in [1.54, 1.807) is 6.20 Å².